The molecule has 108 valence electrons. The Morgan fingerprint density at radius 3 is 2.65 bits per heavy atom. The van der Waals surface area contributed by atoms with Gasteiger partial charge in [0, 0.05) is 6.04 Å². The highest BCUT2D eigenvalue weighted by molar-refractivity contribution is 5.56. The van der Waals surface area contributed by atoms with Crippen LogP contribution in [-0.4, -0.2) is 16.2 Å². The summed E-state index contributed by atoms with van der Waals surface area (Å²) in [7, 11) is 0. The summed E-state index contributed by atoms with van der Waals surface area (Å²) >= 11 is 0. The van der Waals surface area contributed by atoms with Gasteiger partial charge in [0.2, 0.25) is 0 Å². The van der Waals surface area contributed by atoms with E-state index in [1.807, 2.05) is 0 Å². The van der Waals surface area contributed by atoms with Gasteiger partial charge in [-0.15, -0.1) is 5.10 Å². The minimum Gasteiger partial charge on any atom is -0.365 e. The van der Waals surface area contributed by atoms with Crippen LogP contribution in [0.5, 0.6) is 0 Å². The quantitative estimate of drug-likeness (QED) is 0.911. The number of nitriles is 1. The molecule has 0 aromatic carbocycles. The molecule has 4 nitrogen and oxygen atoms in total. The van der Waals surface area contributed by atoms with Gasteiger partial charge in [0.15, 0.2) is 5.82 Å². The first-order chi connectivity index (χ1) is 9.69. The number of hydrogen-bond donors (Lipinski definition) is 1. The van der Waals surface area contributed by atoms with Crippen molar-refractivity contribution in [2.75, 3.05) is 5.32 Å². The number of aromatic nitrogens is 2. The Hall–Kier alpha value is -1.63. The summed E-state index contributed by atoms with van der Waals surface area (Å²) in [5.74, 6) is 1.43. The molecule has 0 aliphatic heterocycles. The van der Waals surface area contributed by atoms with E-state index in [2.05, 4.69) is 42.4 Å². The number of aryl methyl sites for hydroxylation is 1. The van der Waals surface area contributed by atoms with Crippen LogP contribution in [0.1, 0.15) is 63.3 Å². The summed E-state index contributed by atoms with van der Waals surface area (Å²) < 4.78 is 0. The Bertz CT molecular complexity index is 504. The van der Waals surface area contributed by atoms with E-state index in [-0.39, 0.29) is 0 Å². The molecule has 1 aromatic heterocycles. The molecular formula is C16H24N4. The lowest BCUT2D eigenvalue weighted by Gasteiger charge is -2.28. The van der Waals surface area contributed by atoms with Crippen molar-refractivity contribution in [2.24, 2.45) is 5.92 Å². The van der Waals surface area contributed by atoms with Crippen molar-refractivity contribution in [1.82, 2.24) is 10.2 Å². The molecule has 1 aromatic rings. The summed E-state index contributed by atoms with van der Waals surface area (Å²) in [4.78, 5) is 0. The third-order valence-electron chi connectivity index (χ3n) is 4.24. The van der Waals surface area contributed by atoms with Crippen molar-refractivity contribution >= 4 is 5.82 Å². The molecular weight excluding hydrogens is 248 g/mol. The molecule has 2 unspecified atom stereocenters. The lowest BCUT2D eigenvalue weighted by molar-refractivity contribution is 0.358. The Morgan fingerprint density at radius 1 is 1.25 bits per heavy atom. The zero-order chi connectivity index (χ0) is 14.5. The summed E-state index contributed by atoms with van der Waals surface area (Å²) in [5.41, 5.74) is 2.69. The molecule has 2 atom stereocenters. The van der Waals surface area contributed by atoms with Crippen LogP contribution >= 0.6 is 0 Å². The van der Waals surface area contributed by atoms with Gasteiger partial charge in [-0.3, -0.25) is 0 Å². The van der Waals surface area contributed by atoms with E-state index in [0.717, 1.165) is 42.9 Å². The van der Waals surface area contributed by atoms with E-state index in [0.29, 0.717) is 17.4 Å². The molecule has 1 aliphatic carbocycles. The largest absolute Gasteiger partial charge is 0.365 e. The zero-order valence-corrected chi connectivity index (χ0v) is 12.7. The van der Waals surface area contributed by atoms with Gasteiger partial charge in [-0.25, -0.2) is 0 Å². The first-order valence-electron chi connectivity index (χ1n) is 7.74. The van der Waals surface area contributed by atoms with Gasteiger partial charge in [-0.1, -0.05) is 33.6 Å². The van der Waals surface area contributed by atoms with E-state index in [1.165, 1.54) is 12.8 Å². The van der Waals surface area contributed by atoms with Crippen molar-refractivity contribution in [1.29, 1.82) is 5.26 Å². The van der Waals surface area contributed by atoms with E-state index in [4.69, 9.17) is 0 Å². The molecule has 20 heavy (non-hydrogen) atoms. The van der Waals surface area contributed by atoms with Gasteiger partial charge in [-0.05, 0) is 37.2 Å². The fourth-order valence-electron chi connectivity index (χ4n) is 3.15. The van der Waals surface area contributed by atoms with E-state index >= 15 is 0 Å². The molecule has 1 fully saturated rings. The average Bonchev–Trinajstić information content (AvgIpc) is 2.46. The molecule has 1 N–H and O–H groups in total. The molecule has 1 heterocycles. The minimum absolute atomic E-state index is 0.428. The maximum atomic E-state index is 9.47. The number of nitrogens with zero attached hydrogens (tertiary/aromatic N) is 3. The second-order valence-electron chi connectivity index (χ2n) is 5.78. The van der Waals surface area contributed by atoms with Crippen LogP contribution in [0.3, 0.4) is 0 Å². The summed E-state index contributed by atoms with van der Waals surface area (Å²) in [6.07, 6.45) is 6.53. The molecule has 0 saturated heterocycles. The zero-order valence-electron chi connectivity index (χ0n) is 12.7. The summed E-state index contributed by atoms with van der Waals surface area (Å²) in [6.45, 7) is 6.42. The minimum atomic E-state index is 0.428. The second kappa shape index (κ2) is 6.69. The molecule has 0 amide bonds. The molecule has 1 saturated carbocycles. The first-order valence-corrected chi connectivity index (χ1v) is 7.74. The van der Waals surface area contributed by atoms with E-state index in [9.17, 15) is 5.26 Å². The van der Waals surface area contributed by atoms with Gasteiger partial charge in [0.05, 0.1) is 5.69 Å². The maximum Gasteiger partial charge on any atom is 0.167 e. The lowest BCUT2D eigenvalue weighted by Crippen LogP contribution is -2.27. The lowest BCUT2D eigenvalue weighted by atomic mass is 9.87. The van der Waals surface area contributed by atoms with Crippen molar-refractivity contribution in [3.05, 3.63) is 16.8 Å². The SMILES string of the molecule is CCc1nnc(NC2CCCC(C)C2)c(C#N)c1CC. The Labute approximate surface area is 121 Å². The van der Waals surface area contributed by atoms with Gasteiger partial charge in [-0.2, -0.15) is 10.4 Å². The third-order valence-corrected chi connectivity index (χ3v) is 4.24. The Kier molecular flexibility index (Phi) is 4.94. The highest BCUT2D eigenvalue weighted by Crippen LogP contribution is 2.27. The molecule has 4 heteroatoms. The molecule has 0 bridgehead atoms. The maximum absolute atomic E-state index is 9.47. The van der Waals surface area contributed by atoms with Crippen LogP contribution in [0.4, 0.5) is 5.82 Å². The summed E-state index contributed by atoms with van der Waals surface area (Å²) in [5, 5.41) is 21.5. The normalized spacial score (nSPS) is 22.3. The summed E-state index contributed by atoms with van der Waals surface area (Å²) in [6, 6.07) is 2.75. The van der Waals surface area contributed by atoms with Gasteiger partial charge in [0.1, 0.15) is 11.6 Å². The highest BCUT2D eigenvalue weighted by atomic mass is 15.2. The van der Waals surface area contributed by atoms with Crippen LogP contribution in [0.15, 0.2) is 0 Å². The molecule has 2 rings (SSSR count). The van der Waals surface area contributed by atoms with Crippen LogP contribution in [-0.2, 0) is 12.8 Å². The van der Waals surface area contributed by atoms with E-state index in [1.54, 1.807) is 0 Å². The number of anilines is 1. The molecule has 0 radical (unpaired) electrons. The van der Waals surface area contributed by atoms with Crippen LogP contribution in [0.2, 0.25) is 0 Å². The topological polar surface area (TPSA) is 61.6 Å². The monoisotopic (exact) mass is 272 g/mol. The molecule has 1 aliphatic rings. The molecule has 0 spiro atoms. The first kappa shape index (κ1) is 14.8. The fourth-order valence-corrected chi connectivity index (χ4v) is 3.15. The van der Waals surface area contributed by atoms with Crippen molar-refractivity contribution in [3.63, 3.8) is 0 Å². The van der Waals surface area contributed by atoms with Gasteiger partial charge >= 0.3 is 0 Å². The number of nitrogens with one attached hydrogen (secondary N) is 1. The predicted octanol–water partition coefficient (Wildman–Crippen LogP) is 3.46. The Balaban J connectivity index is 2.25. The van der Waals surface area contributed by atoms with Crippen molar-refractivity contribution in [3.8, 4) is 6.07 Å². The highest BCUT2D eigenvalue weighted by Gasteiger charge is 2.21. The van der Waals surface area contributed by atoms with Gasteiger partial charge < -0.3 is 5.32 Å². The van der Waals surface area contributed by atoms with Crippen molar-refractivity contribution < 1.29 is 0 Å². The second-order valence-corrected chi connectivity index (χ2v) is 5.78. The fraction of sp³-hybridized carbons (Fsp3) is 0.688. The standard InChI is InChI=1S/C16H24N4/c1-4-13-14(10-17)16(20-19-15(13)5-2)18-12-8-6-7-11(3)9-12/h11-12H,4-9H2,1-3H3,(H,18,20). The van der Waals surface area contributed by atoms with Crippen LogP contribution < -0.4 is 5.32 Å². The average molecular weight is 272 g/mol. The number of rotatable bonds is 4. The van der Waals surface area contributed by atoms with E-state index < -0.39 is 0 Å². The van der Waals surface area contributed by atoms with Gasteiger partial charge in [0.25, 0.3) is 0 Å². The number of hydrogen-bond acceptors (Lipinski definition) is 4. The van der Waals surface area contributed by atoms with Crippen LogP contribution in [0.25, 0.3) is 0 Å². The predicted molar refractivity (Wildman–Crippen MR) is 80.5 cm³/mol. The third kappa shape index (κ3) is 3.09. The van der Waals surface area contributed by atoms with Crippen LogP contribution in [0, 0.1) is 17.2 Å². The smallest absolute Gasteiger partial charge is 0.167 e. The Morgan fingerprint density at radius 2 is 2.05 bits per heavy atom. The van der Waals surface area contributed by atoms with Crippen molar-refractivity contribution in [2.45, 2.75) is 65.3 Å².